The number of ether oxygens (including phenoxy) is 4. The molecule has 4 aliphatic heterocycles. The highest BCUT2D eigenvalue weighted by atomic mass is 32.2. The van der Waals surface area contributed by atoms with Crippen LogP contribution in [0.4, 0.5) is 0 Å². The molecule has 3 fully saturated rings. The summed E-state index contributed by atoms with van der Waals surface area (Å²) in [6.07, 6.45) is -2.75. The van der Waals surface area contributed by atoms with Crippen LogP contribution in [-0.2, 0) is 54.1 Å². The van der Waals surface area contributed by atoms with Crippen LogP contribution in [-0.4, -0.2) is 122 Å². The molecule has 0 bridgehead atoms. The topological polar surface area (TPSA) is 183 Å². The van der Waals surface area contributed by atoms with Crippen molar-refractivity contribution in [3.63, 3.8) is 0 Å². The van der Waals surface area contributed by atoms with E-state index in [1.165, 1.54) is 10.4 Å². The average Bonchev–Trinajstić information content (AvgIpc) is 2.99. The van der Waals surface area contributed by atoms with E-state index >= 15 is 0 Å². The van der Waals surface area contributed by atoms with Gasteiger partial charge in [0.2, 0.25) is 39.9 Å². The Morgan fingerprint density at radius 1 is 0.551 bits per heavy atom. The zero-order valence-electron chi connectivity index (χ0n) is 28.0. The number of nitrogens with zero attached hydrogens (tertiary/aromatic N) is 3. The number of sulfone groups is 1. The first kappa shape index (κ1) is 36.6. The summed E-state index contributed by atoms with van der Waals surface area (Å²) in [6.45, 7) is 10.1. The van der Waals surface area contributed by atoms with E-state index in [1.54, 1.807) is 41.5 Å². The van der Waals surface area contributed by atoms with E-state index in [0.717, 1.165) is 32.9 Å². The Kier molecular flexibility index (Phi) is 9.54. The minimum absolute atomic E-state index is 0.0452. The highest BCUT2D eigenvalue weighted by Crippen LogP contribution is 2.48. The molecule has 0 N–H and O–H groups in total. The van der Waals surface area contributed by atoms with Gasteiger partial charge in [0.15, 0.2) is 5.75 Å². The Hall–Kier alpha value is -2.20. The van der Waals surface area contributed by atoms with Gasteiger partial charge in [0.05, 0.1) is 46.4 Å². The summed E-state index contributed by atoms with van der Waals surface area (Å²) in [5, 5.41) is 0. The van der Waals surface area contributed by atoms with Crippen molar-refractivity contribution in [2.24, 2.45) is 0 Å². The molecular formula is C30H41N3O12S4. The van der Waals surface area contributed by atoms with Gasteiger partial charge < -0.3 is 18.9 Å². The first-order valence-corrected chi connectivity index (χ1v) is 21.7. The summed E-state index contributed by atoms with van der Waals surface area (Å²) in [5.41, 5.74) is 0. The van der Waals surface area contributed by atoms with Crippen molar-refractivity contribution < 1.29 is 52.6 Å². The number of benzene rings is 2. The Morgan fingerprint density at radius 3 is 1.39 bits per heavy atom. The average molecular weight is 764 g/mol. The molecule has 272 valence electrons. The molecule has 2 aromatic carbocycles. The van der Waals surface area contributed by atoms with Gasteiger partial charge in [-0.1, -0.05) is 0 Å². The van der Waals surface area contributed by atoms with Crippen LogP contribution in [0.15, 0.2) is 54.8 Å². The maximum absolute atomic E-state index is 14.4. The quantitative estimate of drug-likeness (QED) is 0.357. The third kappa shape index (κ3) is 6.67. The summed E-state index contributed by atoms with van der Waals surface area (Å²) in [7, 11) is -18.0. The first-order chi connectivity index (χ1) is 22.7. The minimum Gasteiger partial charge on any atom is -0.453 e. The van der Waals surface area contributed by atoms with E-state index in [-0.39, 0.29) is 49.9 Å². The van der Waals surface area contributed by atoms with Crippen molar-refractivity contribution in [3.05, 3.63) is 30.3 Å². The lowest BCUT2D eigenvalue weighted by atomic mass is 10.3. The molecule has 4 heterocycles. The van der Waals surface area contributed by atoms with Crippen molar-refractivity contribution in [2.75, 3.05) is 39.3 Å². The predicted molar refractivity (Wildman–Crippen MR) is 175 cm³/mol. The molecular weight excluding hydrogens is 723 g/mol. The van der Waals surface area contributed by atoms with E-state index in [2.05, 4.69) is 0 Å². The van der Waals surface area contributed by atoms with E-state index in [4.69, 9.17) is 18.9 Å². The van der Waals surface area contributed by atoms with Gasteiger partial charge in [0.1, 0.15) is 20.4 Å². The SMILES string of the molecule is C[C@@H]1CN(S(=O)(=O)c2ccc3c(c2)S(=O)(=O)c2cc(S(=O)(=O)N4C[C@@H](C)O[C@@H](C)C4)cc(S(=O)(=O)N4C[C@@H](C)O[C@@H](C)C4)c2O3)C[C@@H](C)O1. The second-order valence-corrected chi connectivity index (χ2v) is 20.9. The zero-order valence-corrected chi connectivity index (χ0v) is 31.2. The lowest BCUT2D eigenvalue weighted by molar-refractivity contribution is -0.0442. The summed E-state index contributed by atoms with van der Waals surface area (Å²) >= 11 is 0. The van der Waals surface area contributed by atoms with Crippen LogP contribution in [0, 0.1) is 0 Å². The predicted octanol–water partition coefficient (Wildman–Crippen LogP) is 2.02. The number of rotatable bonds is 6. The van der Waals surface area contributed by atoms with Crippen LogP contribution < -0.4 is 4.74 Å². The second-order valence-electron chi connectivity index (χ2n) is 13.2. The Morgan fingerprint density at radius 2 is 0.939 bits per heavy atom. The lowest BCUT2D eigenvalue weighted by Crippen LogP contribution is -2.48. The molecule has 2 aromatic rings. The molecule has 0 aromatic heterocycles. The summed E-state index contributed by atoms with van der Waals surface area (Å²) < 4.78 is 140. The van der Waals surface area contributed by atoms with Crippen molar-refractivity contribution in [1.82, 2.24) is 12.9 Å². The van der Waals surface area contributed by atoms with Crippen LogP contribution in [0.5, 0.6) is 11.5 Å². The zero-order chi connectivity index (χ0) is 35.8. The van der Waals surface area contributed by atoms with E-state index < -0.39 is 102 Å². The minimum atomic E-state index is -4.75. The molecule has 0 spiro atoms. The van der Waals surface area contributed by atoms with Crippen LogP contribution in [0.2, 0.25) is 0 Å². The maximum atomic E-state index is 14.4. The molecule has 0 amide bonds. The molecule has 15 nitrogen and oxygen atoms in total. The second kappa shape index (κ2) is 12.8. The molecule has 19 heteroatoms. The number of fused-ring (bicyclic) bond motifs is 2. The molecule has 49 heavy (non-hydrogen) atoms. The summed E-state index contributed by atoms with van der Waals surface area (Å²) in [6, 6.07) is 5.12. The molecule has 0 saturated carbocycles. The van der Waals surface area contributed by atoms with Gasteiger partial charge in [0.25, 0.3) is 0 Å². The summed E-state index contributed by atoms with van der Waals surface area (Å²) in [5.74, 6) is -0.879. The molecule has 0 aliphatic carbocycles. The first-order valence-electron chi connectivity index (χ1n) is 15.9. The van der Waals surface area contributed by atoms with Gasteiger partial charge in [-0.3, -0.25) is 0 Å². The standard InChI is InChI=1S/C30H41N3O12S4/c1-18-12-31(13-19(2)42-18)47(36,37)24-7-8-26-27(9-24)46(34,35)28-10-25(48(38,39)32-14-20(3)43-21(4)15-32)11-29(30(28)45-26)49(40,41)33-16-22(5)44-23(6)17-33/h7-11,18-23H,12-17H2,1-6H3/t18-,19-,20-,21+,22-,23+/m1/s1. The number of sulfonamides is 3. The normalized spacial score (nSPS) is 30.2. The molecule has 4 aliphatic rings. The molecule has 0 radical (unpaired) electrons. The molecule has 6 rings (SSSR count). The van der Waals surface area contributed by atoms with Crippen LogP contribution in [0.3, 0.4) is 0 Å². The van der Waals surface area contributed by atoms with Gasteiger partial charge in [-0.2, -0.15) is 12.9 Å². The third-order valence-electron chi connectivity index (χ3n) is 8.75. The third-order valence-corrected chi connectivity index (χ3v) is 16.0. The largest absolute Gasteiger partial charge is 0.453 e. The molecule has 3 saturated heterocycles. The van der Waals surface area contributed by atoms with Crippen molar-refractivity contribution in [3.8, 4) is 11.5 Å². The highest BCUT2D eigenvalue weighted by molar-refractivity contribution is 7.92. The number of hydrogen-bond donors (Lipinski definition) is 0. The number of hydrogen-bond acceptors (Lipinski definition) is 12. The Bertz CT molecular complexity index is 2060. The Balaban J connectivity index is 1.51. The van der Waals surface area contributed by atoms with Gasteiger partial charge in [-0.05, 0) is 71.9 Å². The Labute approximate surface area is 288 Å². The van der Waals surface area contributed by atoms with Crippen molar-refractivity contribution in [1.29, 1.82) is 0 Å². The van der Waals surface area contributed by atoms with Gasteiger partial charge in [0, 0.05) is 39.3 Å². The van der Waals surface area contributed by atoms with E-state index in [0.29, 0.717) is 0 Å². The van der Waals surface area contributed by atoms with Crippen molar-refractivity contribution >= 4 is 39.9 Å². The molecule has 0 unspecified atom stereocenters. The fourth-order valence-corrected chi connectivity index (χ4v) is 13.7. The highest BCUT2D eigenvalue weighted by Gasteiger charge is 2.44. The monoisotopic (exact) mass is 763 g/mol. The summed E-state index contributed by atoms with van der Waals surface area (Å²) in [4.78, 5) is -2.81. The van der Waals surface area contributed by atoms with Gasteiger partial charge in [-0.25, -0.2) is 33.7 Å². The van der Waals surface area contributed by atoms with Crippen molar-refractivity contribution in [2.45, 2.75) is 103 Å². The smallest absolute Gasteiger partial charge is 0.247 e. The van der Waals surface area contributed by atoms with Gasteiger partial charge >= 0.3 is 0 Å². The number of morpholine rings is 3. The lowest BCUT2D eigenvalue weighted by Gasteiger charge is -2.36. The fourth-order valence-electron chi connectivity index (χ4n) is 6.78. The maximum Gasteiger partial charge on any atom is 0.247 e. The fraction of sp³-hybridized carbons (Fsp3) is 0.600. The van der Waals surface area contributed by atoms with Gasteiger partial charge in [-0.15, -0.1) is 0 Å². The van der Waals surface area contributed by atoms with E-state index in [1.807, 2.05) is 0 Å². The molecule has 6 atom stereocenters. The van der Waals surface area contributed by atoms with Crippen LogP contribution in [0.25, 0.3) is 0 Å². The van der Waals surface area contributed by atoms with Crippen LogP contribution in [0.1, 0.15) is 41.5 Å². The van der Waals surface area contributed by atoms with Crippen LogP contribution >= 0.6 is 0 Å². The van der Waals surface area contributed by atoms with E-state index in [9.17, 15) is 33.7 Å².